The van der Waals surface area contributed by atoms with Crippen LogP contribution in [-0.4, -0.2) is 28.9 Å². The number of benzene rings is 2. The molecule has 0 saturated carbocycles. The maximum Gasteiger partial charge on any atom is 0.236 e. The fourth-order valence-electron chi connectivity index (χ4n) is 2.29. The van der Waals surface area contributed by atoms with Gasteiger partial charge in [-0.1, -0.05) is 23.4 Å². The average molecular weight is 387 g/mol. The first-order valence-corrected chi connectivity index (χ1v) is 9.31. The minimum absolute atomic E-state index is 0.145. The van der Waals surface area contributed by atoms with Gasteiger partial charge in [0.15, 0.2) is 0 Å². The van der Waals surface area contributed by atoms with Crippen LogP contribution in [0.1, 0.15) is 11.5 Å². The van der Waals surface area contributed by atoms with Crippen LogP contribution in [-0.2, 0) is 10.5 Å². The Balaban J connectivity index is 1.51. The Morgan fingerprint density at radius 3 is 2.93 bits per heavy atom. The predicted molar refractivity (Wildman–Crippen MR) is 102 cm³/mol. The second-order valence-corrected chi connectivity index (χ2v) is 6.73. The van der Waals surface area contributed by atoms with Gasteiger partial charge < -0.3 is 14.6 Å². The van der Waals surface area contributed by atoms with Crippen molar-refractivity contribution in [3.63, 3.8) is 0 Å². The molecule has 0 atom stereocenters. The molecular weight excluding hydrogens is 369 g/mol. The van der Waals surface area contributed by atoms with Gasteiger partial charge in [0.1, 0.15) is 11.6 Å². The zero-order valence-electron chi connectivity index (χ0n) is 14.9. The number of hydrogen-bond acceptors (Lipinski definition) is 6. The van der Waals surface area contributed by atoms with Crippen molar-refractivity contribution in [3.05, 3.63) is 59.7 Å². The van der Waals surface area contributed by atoms with E-state index in [0.29, 0.717) is 40.0 Å². The SMILES string of the molecule is COc1cccc(NC(=O)CSCc2nc(-c3ccc(C)c(F)c3)no2)c1. The Morgan fingerprint density at radius 1 is 1.30 bits per heavy atom. The quantitative estimate of drug-likeness (QED) is 0.659. The zero-order valence-corrected chi connectivity index (χ0v) is 15.7. The number of carbonyl (C=O) groups excluding carboxylic acids is 1. The highest BCUT2D eigenvalue weighted by atomic mass is 32.2. The highest BCUT2D eigenvalue weighted by Gasteiger charge is 2.11. The van der Waals surface area contributed by atoms with Crippen LogP contribution in [0.3, 0.4) is 0 Å². The lowest BCUT2D eigenvalue weighted by Gasteiger charge is -2.06. The molecule has 1 amide bonds. The number of carbonyl (C=O) groups is 1. The molecule has 2 aromatic carbocycles. The molecule has 0 unspecified atom stereocenters. The van der Waals surface area contributed by atoms with Crippen LogP contribution in [0.4, 0.5) is 10.1 Å². The van der Waals surface area contributed by atoms with Gasteiger partial charge in [-0.25, -0.2) is 4.39 Å². The van der Waals surface area contributed by atoms with Crippen LogP contribution < -0.4 is 10.1 Å². The maximum absolute atomic E-state index is 13.6. The first-order valence-electron chi connectivity index (χ1n) is 8.16. The number of aryl methyl sites for hydroxylation is 1. The Kier molecular flexibility index (Phi) is 6.08. The Morgan fingerprint density at radius 2 is 2.15 bits per heavy atom. The highest BCUT2D eigenvalue weighted by Crippen LogP contribution is 2.21. The van der Waals surface area contributed by atoms with Gasteiger partial charge in [-0.2, -0.15) is 4.98 Å². The van der Waals surface area contributed by atoms with Gasteiger partial charge in [-0.05, 0) is 30.7 Å². The summed E-state index contributed by atoms with van der Waals surface area (Å²) < 4.78 is 23.9. The number of nitrogens with one attached hydrogen (secondary N) is 1. The zero-order chi connectivity index (χ0) is 19.2. The van der Waals surface area contributed by atoms with E-state index in [1.807, 2.05) is 0 Å². The van der Waals surface area contributed by atoms with E-state index in [1.165, 1.54) is 17.8 Å². The molecule has 1 heterocycles. The van der Waals surface area contributed by atoms with Gasteiger partial charge >= 0.3 is 0 Å². The van der Waals surface area contributed by atoms with E-state index in [1.54, 1.807) is 50.4 Å². The van der Waals surface area contributed by atoms with E-state index in [0.717, 1.165) is 0 Å². The topological polar surface area (TPSA) is 77.2 Å². The summed E-state index contributed by atoms with van der Waals surface area (Å²) in [5, 5.41) is 6.66. The van der Waals surface area contributed by atoms with E-state index in [-0.39, 0.29) is 17.5 Å². The van der Waals surface area contributed by atoms with Gasteiger partial charge in [0.2, 0.25) is 17.6 Å². The summed E-state index contributed by atoms with van der Waals surface area (Å²) in [5.74, 6) is 1.53. The number of anilines is 1. The van der Waals surface area contributed by atoms with Gasteiger partial charge in [-0.15, -0.1) is 11.8 Å². The lowest BCUT2D eigenvalue weighted by atomic mass is 10.1. The second-order valence-electron chi connectivity index (χ2n) is 5.75. The van der Waals surface area contributed by atoms with Crippen molar-refractivity contribution in [1.82, 2.24) is 10.1 Å². The molecule has 0 aliphatic carbocycles. The van der Waals surface area contributed by atoms with Crippen LogP contribution in [0.2, 0.25) is 0 Å². The Labute approximate surface area is 160 Å². The average Bonchev–Trinajstić information content (AvgIpc) is 3.13. The smallest absolute Gasteiger partial charge is 0.236 e. The molecule has 0 spiro atoms. The number of rotatable bonds is 7. The fourth-order valence-corrected chi connectivity index (χ4v) is 2.94. The summed E-state index contributed by atoms with van der Waals surface area (Å²) in [7, 11) is 1.57. The van der Waals surface area contributed by atoms with Crippen molar-refractivity contribution in [1.29, 1.82) is 0 Å². The molecule has 6 nitrogen and oxygen atoms in total. The van der Waals surface area contributed by atoms with Gasteiger partial charge in [0.25, 0.3) is 0 Å². The van der Waals surface area contributed by atoms with E-state index in [9.17, 15) is 9.18 Å². The van der Waals surface area contributed by atoms with Crippen LogP contribution >= 0.6 is 11.8 Å². The van der Waals surface area contributed by atoms with Crippen molar-refractivity contribution >= 4 is 23.4 Å². The molecule has 3 aromatic rings. The van der Waals surface area contributed by atoms with E-state index in [2.05, 4.69) is 15.5 Å². The maximum atomic E-state index is 13.6. The summed E-state index contributed by atoms with van der Waals surface area (Å²) in [6.45, 7) is 1.69. The molecule has 3 rings (SSSR count). The minimum atomic E-state index is -0.317. The number of amides is 1. The standard InChI is InChI=1S/C19H18FN3O3S/c1-12-6-7-13(8-16(12)20)19-22-18(26-23-19)11-27-10-17(24)21-14-4-3-5-15(9-14)25-2/h3-9H,10-11H2,1-2H3,(H,21,24). The van der Waals surface area contributed by atoms with Gasteiger partial charge in [-0.3, -0.25) is 4.79 Å². The molecule has 8 heteroatoms. The highest BCUT2D eigenvalue weighted by molar-refractivity contribution is 7.99. The molecule has 1 aromatic heterocycles. The molecule has 1 N–H and O–H groups in total. The Hall–Kier alpha value is -2.87. The number of aromatic nitrogens is 2. The number of thioether (sulfide) groups is 1. The summed E-state index contributed by atoms with van der Waals surface area (Å²) in [6, 6.07) is 11.9. The molecule has 0 aliphatic rings. The molecule has 0 aliphatic heterocycles. The second kappa shape index (κ2) is 8.68. The summed E-state index contributed by atoms with van der Waals surface area (Å²) >= 11 is 1.34. The fraction of sp³-hybridized carbons (Fsp3) is 0.211. The molecule has 0 bridgehead atoms. The number of nitrogens with zero attached hydrogens (tertiary/aromatic N) is 2. The van der Waals surface area contributed by atoms with Crippen LogP contribution in [0.5, 0.6) is 5.75 Å². The van der Waals surface area contributed by atoms with Crippen LogP contribution in [0, 0.1) is 12.7 Å². The number of halogens is 1. The normalized spacial score (nSPS) is 10.6. The largest absolute Gasteiger partial charge is 0.497 e. The predicted octanol–water partition coefficient (Wildman–Crippen LogP) is 4.06. The first kappa shape index (κ1) is 18.9. The third-order valence-electron chi connectivity index (χ3n) is 3.71. The number of methoxy groups -OCH3 is 1. The summed E-state index contributed by atoms with van der Waals surface area (Å²) in [6.07, 6.45) is 0. The van der Waals surface area contributed by atoms with Crippen molar-refractivity contribution in [2.24, 2.45) is 0 Å². The van der Waals surface area contributed by atoms with E-state index < -0.39 is 0 Å². The van der Waals surface area contributed by atoms with Crippen LogP contribution in [0.15, 0.2) is 47.0 Å². The molecule has 27 heavy (non-hydrogen) atoms. The molecule has 140 valence electrons. The van der Waals surface area contributed by atoms with Crippen molar-refractivity contribution in [2.75, 3.05) is 18.2 Å². The molecule has 0 fully saturated rings. The van der Waals surface area contributed by atoms with E-state index >= 15 is 0 Å². The van der Waals surface area contributed by atoms with Gasteiger partial charge in [0.05, 0.1) is 18.6 Å². The number of ether oxygens (including phenoxy) is 1. The van der Waals surface area contributed by atoms with Gasteiger partial charge in [0, 0.05) is 17.3 Å². The van der Waals surface area contributed by atoms with Crippen molar-refractivity contribution in [3.8, 4) is 17.1 Å². The Bertz CT molecular complexity index is 945. The summed E-state index contributed by atoms with van der Waals surface area (Å²) in [4.78, 5) is 16.3. The summed E-state index contributed by atoms with van der Waals surface area (Å²) in [5.41, 5.74) is 1.77. The first-order chi connectivity index (χ1) is 13.0. The van der Waals surface area contributed by atoms with Crippen molar-refractivity contribution in [2.45, 2.75) is 12.7 Å². The molecule has 0 saturated heterocycles. The third kappa shape index (κ3) is 5.07. The molecular formula is C19H18FN3O3S. The van der Waals surface area contributed by atoms with Crippen molar-refractivity contribution < 1.29 is 18.4 Å². The monoisotopic (exact) mass is 387 g/mol. The van der Waals surface area contributed by atoms with Crippen LogP contribution in [0.25, 0.3) is 11.4 Å². The third-order valence-corrected chi connectivity index (χ3v) is 4.63. The number of hydrogen-bond donors (Lipinski definition) is 1. The minimum Gasteiger partial charge on any atom is -0.497 e. The molecule has 0 radical (unpaired) electrons. The lowest BCUT2D eigenvalue weighted by Crippen LogP contribution is -2.14. The lowest BCUT2D eigenvalue weighted by molar-refractivity contribution is -0.113. The van der Waals surface area contributed by atoms with E-state index in [4.69, 9.17) is 9.26 Å².